The number of piperidine rings is 1. The summed E-state index contributed by atoms with van der Waals surface area (Å²) in [5.74, 6) is 1.79. The zero-order chi connectivity index (χ0) is 17.2. The van der Waals surface area contributed by atoms with Crippen LogP contribution in [0.4, 0.5) is 0 Å². The fourth-order valence-corrected chi connectivity index (χ4v) is 2.98. The van der Waals surface area contributed by atoms with Crippen LogP contribution < -0.4 is 10.6 Å². The molecule has 1 aromatic rings. The Morgan fingerprint density at radius 3 is 2.72 bits per heavy atom. The molecule has 0 spiro atoms. The van der Waals surface area contributed by atoms with Crippen molar-refractivity contribution < 1.29 is 0 Å². The minimum atomic E-state index is 0. The summed E-state index contributed by atoms with van der Waals surface area (Å²) < 4.78 is 0. The van der Waals surface area contributed by atoms with Crippen LogP contribution in [0.15, 0.2) is 23.2 Å². The Morgan fingerprint density at radius 1 is 1.28 bits per heavy atom. The highest BCUT2D eigenvalue weighted by atomic mass is 127. The summed E-state index contributed by atoms with van der Waals surface area (Å²) in [6.07, 6.45) is 3.85. The lowest BCUT2D eigenvalue weighted by Crippen LogP contribution is -2.39. The van der Waals surface area contributed by atoms with Crippen LogP contribution >= 0.6 is 24.0 Å². The predicted molar refractivity (Wildman–Crippen MR) is 117 cm³/mol. The fourth-order valence-electron chi connectivity index (χ4n) is 2.98. The maximum atomic E-state index is 4.64. The summed E-state index contributed by atoms with van der Waals surface area (Å²) in [6, 6.07) is 6.07. The monoisotopic (exact) mass is 459 g/mol. The van der Waals surface area contributed by atoms with E-state index in [0.717, 1.165) is 42.8 Å². The molecule has 0 aliphatic carbocycles. The zero-order valence-electron chi connectivity index (χ0n) is 15.9. The zero-order valence-corrected chi connectivity index (χ0v) is 18.3. The quantitative estimate of drug-likeness (QED) is 0.285. The molecular formula is C19H34IN5. The molecule has 1 saturated heterocycles. The lowest BCUT2D eigenvalue weighted by atomic mass is 9.99. The normalized spacial score (nSPS) is 16.4. The summed E-state index contributed by atoms with van der Waals surface area (Å²) in [6.45, 7) is 12.6. The summed E-state index contributed by atoms with van der Waals surface area (Å²) in [5, 5.41) is 6.75. The Labute approximate surface area is 170 Å². The van der Waals surface area contributed by atoms with E-state index in [1.54, 1.807) is 0 Å². The third-order valence-corrected chi connectivity index (χ3v) is 4.51. The van der Waals surface area contributed by atoms with E-state index in [1.807, 2.05) is 25.1 Å². The molecular weight excluding hydrogens is 425 g/mol. The fraction of sp³-hybridized carbons (Fsp3) is 0.684. The van der Waals surface area contributed by atoms with Crippen LogP contribution in [-0.4, -0.2) is 48.6 Å². The van der Waals surface area contributed by atoms with Crippen molar-refractivity contribution in [3.8, 4) is 0 Å². The topological polar surface area (TPSA) is 52.6 Å². The number of rotatable bonds is 7. The van der Waals surface area contributed by atoms with Crippen LogP contribution in [0.1, 0.15) is 44.5 Å². The molecule has 1 fully saturated rings. The van der Waals surface area contributed by atoms with Gasteiger partial charge in [-0.3, -0.25) is 4.98 Å². The van der Waals surface area contributed by atoms with E-state index in [0.29, 0.717) is 6.54 Å². The Kier molecular flexibility index (Phi) is 11.0. The molecule has 142 valence electrons. The number of guanidine groups is 1. The van der Waals surface area contributed by atoms with Crippen LogP contribution in [0.25, 0.3) is 0 Å². The van der Waals surface area contributed by atoms with Crippen LogP contribution in [0.3, 0.4) is 0 Å². The predicted octanol–water partition coefficient (Wildman–Crippen LogP) is 3.19. The van der Waals surface area contributed by atoms with Crippen LogP contribution in [-0.2, 0) is 6.54 Å². The number of aliphatic imine (C=N–C) groups is 1. The van der Waals surface area contributed by atoms with Crippen LogP contribution in [0, 0.1) is 12.8 Å². The number of nitrogens with zero attached hydrogens (tertiary/aromatic N) is 3. The van der Waals surface area contributed by atoms with Gasteiger partial charge in [-0.05, 0) is 70.8 Å². The Bertz CT molecular complexity index is 512. The maximum Gasteiger partial charge on any atom is 0.191 e. The SMILES string of the molecule is CCNC(=NCc1cccc(C)n1)NCCCN1CCC(C)CC1.I. The molecule has 25 heavy (non-hydrogen) atoms. The molecule has 0 saturated carbocycles. The molecule has 1 aliphatic rings. The molecule has 1 aromatic heterocycles. The van der Waals surface area contributed by atoms with Gasteiger partial charge in [0, 0.05) is 18.8 Å². The smallest absolute Gasteiger partial charge is 0.191 e. The van der Waals surface area contributed by atoms with Crippen molar-refractivity contribution in [3.63, 3.8) is 0 Å². The van der Waals surface area contributed by atoms with Crippen LogP contribution in [0.5, 0.6) is 0 Å². The van der Waals surface area contributed by atoms with Gasteiger partial charge in [0.2, 0.25) is 0 Å². The average Bonchev–Trinajstić information content (AvgIpc) is 2.58. The van der Waals surface area contributed by atoms with E-state index in [2.05, 4.69) is 39.4 Å². The largest absolute Gasteiger partial charge is 0.357 e. The van der Waals surface area contributed by atoms with Crippen molar-refractivity contribution >= 4 is 29.9 Å². The lowest BCUT2D eigenvalue weighted by Gasteiger charge is -2.30. The van der Waals surface area contributed by atoms with E-state index in [-0.39, 0.29) is 24.0 Å². The van der Waals surface area contributed by atoms with Crippen molar-refractivity contribution in [3.05, 3.63) is 29.6 Å². The molecule has 0 unspecified atom stereocenters. The van der Waals surface area contributed by atoms with Gasteiger partial charge in [0.25, 0.3) is 0 Å². The van der Waals surface area contributed by atoms with Gasteiger partial charge in [-0.25, -0.2) is 4.99 Å². The summed E-state index contributed by atoms with van der Waals surface area (Å²) in [5.41, 5.74) is 2.05. The first-order chi connectivity index (χ1) is 11.7. The summed E-state index contributed by atoms with van der Waals surface area (Å²) >= 11 is 0. The molecule has 2 N–H and O–H groups in total. The maximum absolute atomic E-state index is 4.64. The third kappa shape index (κ3) is 8.85. The highest BCUT2D eigenvalue weighted by molar-refractivity contribution is 14.0. The summed E-state index contributed by atoms with van der Waals surface area (Å²) in [7, 11) is 0. The van der Waals surface area contributed by atoms with Gasteiger partial charge in [0.1, 0.15) is 0 Å². The van der Waals surface area contributed by atoms with Crippen molar-refractivity contribution in [1.29, 1.82) is 0 Å². The summed E-state index contributed by atoms with van der Waals surface area (Å²) in [4.78, 5) is 11.7. The number of nitrogens with one attached hydrogen (secondary N) is 2. The minimum absolute atomic E-state index is 0. The number of halogens is 1. The van der Waals surface area contributed by atoms with Gasteiger partial charge in [0.15, 0.2) is 5.96 Å². The van der Waals surface area contributed by atoms with E-state index in [9.17, 15) is 0 Å². The first kappa shape index (κ1) is 22.2. The lowest BCUT2D eigenvalue weighted by molar-refractivity contribution is 0.191. The molecule has 0 radical (unpaired) electrons. The first-order valence-electron chi connectivity index (χ1n) is 9.34. The second-order valence-electron chi connectivity index (χ2n) is 6.77. The standard InChI is InChI=1S/C19H33N5.HI/c1-4-20-19(22-15-18-8-5-7-17(3)23-18)21-11-6-12-24-13-9-16(2)10-14-24;/h5,7-8,16H,4,6,9-15H2,1-3H3,(H2,20,21,22);1H. The van der Waals surface area contributed by atoms with Gasteiger partial charge < -0.3 is 15.5 Å². The number of hydrogen-bond donors (Lipinski definition) is 2. The van der Waals surface area contributed by atoms with Gasteiger partial charge in [-0.2, -0.15) is 0 Å². The van der Waals surface area contributed by atoms with Crippen molar-refractivity contribution in [2.75, 3.05) is 32.7 Å². The number of hydrogen-bond acceptors (Lipinski definition) is 3. The second kappa shape index (κ2) is 12.5. The van der Waals surface area contributed by atoms with Crippen molar-refractivity contribution in [2.45, 2.75) is 46.6 Å². The molecule has 0 aromatic carbocycles. The van der Waals surface area contributed by atoms with Gasteiger partial charge in [0.05, 0.1) is 12.2 Å². The number of pyridine rings is 1. The Hall–Kier alpha value is -0.890. The molecule has 6 heteroatoms. The van der Waals surface area contributed by atoms with E-state index < -0.39 is 0 Å². The van der Waals surface area contributed by atoms with Crippen molar-refractivity contribution in [2.24, 2.45) is 10.9 Å². The molecule has 0 amide bonds. The first-order valence-corrected chi connectivity index (χ1v) is 9.34. The molecule has 2 rings (SSSR count). The number of likely N-dealkylation sites (tertiary alicyclic amines) is 1. The van der Waals surface area contributed by atoms with E-state index >= 15 is 0 Å². The molecule has 0 atom stereocenters. The van der Waals surface area contributed by atoms with E-state index in [4.69, 9.17) is 0 Å². The molecule has 5 nitrogen and oxygen atoms in total. The average molecular weight is 459 g/mol. The highest BCUT2D eigenvalue weighted by Gasteiger charge is 2.14. The molecule has 2 heterocycles. The second-order valence-corrected chi connectivity index (χ2v) is 6.77. The van der Waals surface area contributed by atoms with Gasteiger partial charge in [-0.1, -0.05) is 13.0 Å². The molecule has 0 bridgehead atoms. The Morgan fingerprint density at radius 2 is 2.04 bits per heavy atom. The van der Waals surface area contributed by atoms with E-state index in [1.165, 1.54) is 32.5 Å². The van der Waals surface area contributed by atoms with Gasteiger partial charge >= 0.3 is 0 Å². The van der Waals surface area contributed by atoms with Gasteiger partial charge in [-0.15, -0.1) is 24.0 Å². The molecule has 1 aliphatic heterocycles. The minimum Gasteiger partial charge on any atom is -0.357 e. The van der Waals surface area contributed by atoms with Crippen LogP contribution in [0.2, 0.25) is 0 Å². The Balaban J connectivity index is 0.00000312. The highest BCUT2D eigenvalue weighted by Crippen LogP contribution is 2.15. The third-order valence-electron chi connectivity index (χ3n) is 4.51. The number of aryl methyl sites for hydroxylation is 1. The number of aromatic nitrogens is 1. The van der Waals surface area contributed by atoms with Crippen molar-refractivity contribution in [1.82, 2.24) is 20.5 Å².